The number of aromatic amines is 1. The fraction of sp³-hybridized carbons (Fsp3) is 0.273. The van der Waals surface area contributed by atoms with Crippen LogP contribution in [0.1, 0.15) is 12.5 Å². The van der Waals surface area contributed by atoms with Crippen LogP contribution in [0.25, 0.3) is 0 Å². The third-order valence-corrected chi connectivity index (χ3v) is 2.11. The van der Waals surface area contributed by atoms with Crippen LogP contribution in [-0.4, -0.2) is 32.7 Å². The molecule has 2 heterocycles. The molecule has 18 heavy (non-hydrogen) atoms. The summed E-state index contributed by atoms with van der Waals surface area (Å²) in [5.41, 5.74) is 0.882. The number of pyridine rings is 1. The van der Waals surface area contributed by atoms with Gasteiger partial charge in [0.15, 0.2) is 0 Å². The second kappa shape index (κ2) is 5.76. The van der Waals surface area contributed by atoms with Crippen LogP contribution in [0.2, 0.25) is 0 Å². The number of H-pyrrole nitrogens is 1. The summed E-state index contributed by atoms with van der Waals surface area (Å²) in [6, 6.07) is 3.79. The molecule has 0 bridgehead atoms. The lowest BCUT2D eigenvalue weighted by Gasteiger charge is -2.00. The van der Waals surface area contributed by atoms with Gasteiger partial charge in [-0.1, -0.05) is 0 Å². The van der Waals surface area contributed by atoms with Crippen LogP contribution in [0, 0.1) is 0 Å². The van der Waals surface area contributed by atoms with E-state index in [-0.39, 0.29) is 24.3 Å². The van der Waals surface area contributed by atoms with Crippen LogP contribution in [0.5, 0.6) is 6.01 Å². The van der Waals surface area contributed by atoms with Gasteiger partial charge < -0.3 is 4.74 Å². The number of nitrogens with one attached hydrogen (secondary N) is 2. The van der Waals surface area contributed by atoms with E-state index in [1.807, 2.05) is 6.92 Å². The van der Waals surface area contributed by atoms with Gasteiger partial charge in [-0.05, 0) is 24.6 Å². The van der Waals surface area contributed by atoms with Gasteiger partial charge in [0, 0.05) is 12.4 Å². The second-order valence-electron chi connectivity index (χ2n) is 3.48. The molecule has 7 nitrogen and oxygen atoms in total. The van der Waals surface area contributed by atoms with Crippen molar-refractivity contribution in [3.8, 4) is 6.01 Å². The number of nitrogens with zero attached hydrogens (tertiary/aromatic N) is 3. The van der Waals surface area contributed by atoms with Crippen molar-refractivity contribution in [3.05, 3.63) is 30.1 Å². The average Bonchev–Trinajstić information content (AvgIpc) is 2.78. The molecule has 0 radical (unpaired) electrons. The van der Waals surface area contributed by atoms with Crippen molar-refractivity contribution in [2.45, 2.75) is 13.3 Å². The monoisotopic (exact) mass is 247 g/mol. The first kappa shape index (κ1) is 12.0. The molecule has 7 heteroatoms. The van der Waals surface area contributed by atoms with E-state index in [2.05, 4.69) is 25.5 Å². The maximum absolute atomic E-state index is 11.7. The summed E-state index contributed by atoms with van der Waals surface area (Å²) in [5, 5.41) is 8.96. The Kier molecular flexibility index (Phi) is 3.85. The van der Waals surface area contributed by atoms with Gasteiger partial charge in [-0.2, -0.15) is 4.98 Å². The molecular formula is C11H13N5O2. The highest BCUT2D eigenvalue weighted by molar-refractivity contribution is 5.90. The van der Waals surface area contributed by atoms with Gasteiger partial charge in [0.1, 0.15) is 0 Å². The third-order valence-electron chi connectivity index (χ3n) is 2.11. The van der Waals surface area contributed by atoms with Crippen LogP contribution >= 0.6 is 0 Å². The van der Waals surface area contributed by atoms with Crippen molar-refractivity contribution in [2.75, 3.05) is 11.9 Å². The fourth-order valence-corrected chi connectivity index (χ4v) is 1.36. The van der Waals surface area contributed by atoms with Crippen molar-refractivity contribution >= 4 is 11.9 Å². The molecule has 0 aliphatic carbocycles. The molecule has 94 valence electrons. The van der Waals surface area contributed by atoms with Crippen LogP contribution in [0.4, 0.5) is 5.95 Å². The van der Waals surface area contributed by atoms with Crippen molar-refractivity contribution < 1.29 is 9.53 Å². The molecule has 2 N–H and O–H groups in total. The normalized spacial score (nSPS) is 10.1. The van der Waals surface area contributed by atoms with Crippen molar-refractivity contribution in [1.82, 2.24) is 20.2 Å². The summed E-state index contributed by atoms with van der Waals surface area (Å²) >= 11 is 0. The Balaban J connectivity index is 1.90. The highest BCUT2D eigenvalue weighted by Crippen LogP contribution is 2.06. The summed E-state index contributed by atoms with van der Waals surface area (Å²) in [5.74, 6) is 0.0953. The maximum Gasteiger partial charge on any atom is 0.337 e. The molecule has 0 saturated heterocycles. The average molecular weight is 247 g/mol. The van der Waals surface area contributed by atoms with E-state index in [0.29, 0.717) is 6.61 Å². The molecule has 1 amide bonds. The lowest BCUT2D eigenvalue weighted by atomic mass is 10.2. The Morgan fingerprint density at radius 2 is 2.22 bits per heavy atom. The lowest BCUT2D eigenvalue weighted by molar-refractivity contribution is -0.115. The second-order valence-corrected chi connectivity index (χ2v) is 3.48. The van der Waals surface area contributed by atoms with Gasteiger partial charge in [-0.15, -0.1) is 5.10 Å². The minimum atomic E-state index is -0.180. The summed E-state index contributed by atoms with van der Waals surface area (Å²) in [6.07, 6.45) is 3.54. The minimum absolute atomic E-state index is 0.180. The number of amides is 1. The molecule has 2 aromatic heterocycles. The molecular weight excluding hydrogens is 234 g/mol. The number of carbonyl (C=O) groups is 1. The van der Waals surface area contributed by atoms with Crippen LogP contribution < -0.4 is 10.1 Å². The van der Waals surface area contributed by atoms with Gasteiger partial charge in [-0.3, -0.25) is 15.1 Å². The molecule has 0 unspecified atom stereocenters. The summed E-state index contributed by atoms with van der Waals surface area (Å²) < 4.78 is 5.07. The first-order valence-corrected chi connectivity index (χ1v) is 5.52. The standard InChI is InChI=1S/C11H13N5O2/c1-2-18-11-14-10(15-16-11)13-9(17)7-8-3-5-12-6-4-8/h3-6H,2,7H2,1H3,(H2,13,14,15,16,17). The highest BCUT2D eigenvalue weighted by atomic mass is 16.5. The number of hydrogen-bond donors (Lipinski definition) is 2. The van der Waals surface area contributed by atoms with Gasteiger partial charge in [0.05, 0.1) is 13.0 Å². The zero-order valence-corrected chi connectivity index (χ0v) is 9.88. The SMILES string of the molecule is CCOc1n[nH]c(NC(=O)Cc2ccncc2)n1. The van der Waals surface area contributed by atoms with E-state index in [1.54, 1.807) is 24.5 Å². The van der Waals surface area contributed by atoms with Gasteiger partial charge >= 0.3 is 6.01 Å². The van der Waals surface area contributed by atoms with E-state index >= 15 is 0 Å². The van der Waals surface area contributed by atoms with Crippen molar-refractivity contribution in [3.63, 3.8) is 0 Å². The van der Waals surface area contributed by atoms with Crippen molar-refractivity contribution in [2.24, 2.45) is 0 Å². The Hall–Kier alpha value is -2.44. The number of hydrogen-bond acceptors (Lipinski definition) is 5. The zero-order chi connectivity index (χ0) is 12.8. The molecule has 0 atom stereocenters. The fourth-order valence-electron chi connectivity index (χ4n) is 1.36. The predicted molar refractivity (Wildman–Crippen MR) is 64.1 cm³/mol. The lowest BCUT2D eigenvalue weighted by Crippen LogP contribution is -2.15. The molecule has 0 saturated carbocycles. The van der Waals surface area contributed by atoms with E-state index in [4.69, 9.17) is 4.74 Å². The molecule has 0 aliphatic heterocycles. The largest absolute Gasteiger partial charge is 0.463 e. The maximum atomic E-state index is 11.7. The quantitative estimate of drug-likeness (QED) is 0.814. The number of anilines is 1. The van der Waals surface area contributed by atoms with Crippen LogP contribution in [0.15, 0.2) is 24.5 Å². The van der Waals surface area contributed by atoms with Gasteiger partial charge in [0.25, 0.3) is 0 Å². The van der Waals surface area contributed by atoms with Gasteiger partial charge in [0.2, 0.25) is 11.9 Å². The smallest absolute Gasteiger partial charge is 0.337 e. The topological polar surface area (TPSA) is 92.8 Å². The van der Waals surface area contributed by atoms with E-state index in [0.717, 1.165) is 5.56 Å². The first-order chi connectivity index (χ1) is 8.78. The Morgan fingerprint density at radius 3 is 2.94 bits per heavy atom. The van der Waals surface area contributed by atoms with Gasteiger partial charge in [-0.25, -0.2) is 5.10 Å². The van der Waals surface area contributed by atoms with Crippen LogP contribution in [-0.2, 0) is 11.2 Å². The first-order valence-electron chi connectivity index (χ1n) is 5.52. The van der Waals surface area contributed by atoms with Crippen molar-refractivity contribution in [1.29, 1.82) is 0 Å². The predicted octanol–water partition coefficient (Wildman–Crippen LogP) is 0.780. The molecule has 0 fully saturated rings. The third kappa shape index (κ3) is 3.27. The summed E-state index contributed by atoms with van der Waals surface area (Å²) in [4.78, 5) is 19.5. The molecule has 2 aromatic rings. The summed E-state index contributed by atoms with van der Waals surface area (Å²) in [7, 11) is 0. The molecule has 2 rings (SSSR count). The molecule has 0 aromatic carbocycles. The molecule has 0 aliphatic rings. The number of rotatable bonds is 5. The van der Waals surface area contributed by atoms with Crippen LogP contribution in [0.3, 0.4) is 0 Å². The zero-order valence-electron chi connectivity index (χ0n) is 9.88. The Bertz CT molecular complexity index is 511. The van der Waals surface area contributed by atoms with E-state index < -0.39 is 0 Å². The number of aromatic nitrogens is 4. The number of ether oxygens (including phenoxy) is 1. The highest BCUT2D eigenvalue weighted by Gasteiger charge is 2.08. The summed E-state index contributed by atoms with van der Waals surface area (Å²) in [6.45, 7) is 2.31. The van der Waals surface area contributed by atoms with E-state index in [1.165, 1.54) is 0 Å². The van der Waals surface area contributed by atoms with E-state index in [9.17, 15) is 4.79 Å². The minimum Gasteiger partial charge on any atom is -0.463 e. The molecule has 0 spiro atoms. The number of carbonyl (C=O) groups excluding carboxylic acids is 1. The Labute approximate surface area is 104 Å². The Morgan fingerprint density at radius 1 is 1.44 bits per heavy atom.